The van der Waals surface area contributed by atoms with Crippen molar-refractivity contribution in [3.63, 3.8) is 0 Å². The lowest BCUT2D eigenvalue weighted by atomic mass is 10.0. The van der Waals surface area contributed by atoms with Crippen LogP contribution in [-0.4, -0.2) is 50.8 Å². The van der Waals surface area contributed by atoms with Crippen molar-refractivity contribution in [1.29, 1.82) is 0 Å². The van der Waals surface area contributed by atoms with E-state index in [-0.39, 0.29) is 0 Å². The van der Waals surface area contributed by atoms with Crippen LogP contribution in [0, 0.1) is 13.8 Å². The van der Waals surface area contributed by atoms with Crippen LogP contribution in [0.2, 0.25) is 0 Å². The summed E-state index contributed by atoms with van der Waals surface area (Å²) >= 11 is 0. The molecule has 0 bridgehead atoms. The number of hydrogen-bond acceptors (Lipinski definition) is 3. The van der Waals surface area contributed by atoms with Gasteiger partial charge in [-0.3, -0.25) is 4.90 Å². The van der Waals surface area contributed by atoms with Crippen LogP contribution in [0.4, 0.5) is 0 Å². The fraction of sp³-hybridized carbons (Fsp3) is 0.647. The van der Waals surface area contributed by atoms with E-state index in [1.54, 1.807) is 0 Å². The topological polar surface area (TPSA) is 24.5 Å². The molecule has 1 aromatic rings. The van der Waals surface area contributed by atoms with E-state index in [4.69, 9.17) is 4.74 Å². The van der Waals surface area contributed by atoms with Crippen LogP contribution < -0.4 is 5.32 Å². The molecule has 3 heteroatoms. The second kappa shape index (κ2) is 8.40. The standard InChI is InChI=1S/C17H28N2O/c1-15-4-5-17(14-16(15)2)6-8-18-7-3-9-19-10-12-20-13-11-19/h4-5,14,18H,3,6-13H2,1-2H3. The van der Waals surface area contributed by atoms with E-state index in [9.17, 15) is 0 Å². The van der Waals surface area contributed by atoms with Crippen molar-refractivity contribution in [2.75, 3.05) is 45.9 Å². The number of ether oxygens (including phenoxy) is 1. The molecule has 0 spiro atoms. The SMILES string of the molecule is Cc1ccc(CCNCCCN2CCOCC2)cc1C. The summed E-state index contributed by atoms with van der Waals surface area (Å²) in [5.74, 6) is 0. The number of nitrogens with one attached hydrogen (secondary N) is 1. The molecule has 1 aliphatic heterocycles. The average molecular weight is 276 g/mol. The van der Waals surface area contributed by atoms with E-state index >= 15 is 0 Å². The first-order valence-electron chi connectivity index (χ1n) is 7.82. The fourth-order valence-corrected chi connectivity index (χ4v) is 2.57. The Kier molecular flexibility index (Phi) is 6.51. The molecule has 20 heavy (non-hydrogen) atoms. The Morgan fingerprint density at radius 1 is 1.10 bits per heavy atom. The summed E-state index contributed by atoms with van der Waals surface area (Å²) in [6.45, 7) is 11.7. The van der Waals surface area contributed by atoms with E-state index in [1.807, 2.05) is 0 Å². The molecule has 0 aromatic heterocycles. The highest BCUT2D eigenvalue weighted by Crippen LogP contribution is 2.09. The van der Waals surface area contributed by atoms with Gasteiger partial charge in [-0.15, -0.1) is 0 Å². The monoisotopic (exact) mass is 276 g/mol. The zero-order valence-electron chi connectivity index (χ0n) is 13.0. The van der Waals surface area contributed by atoms with Gasteiger partial charge in [0.25, 0.3) is 0 Å². The number of rotatable bonds is 7. The summed E-state index contributed by atoms with van der Waals surface area (Å²) in [6, 6.07) is 6.78. The minimum atomic E-state index is 0.903. The van der Waals surface area contributed by atoms with Crippen LogP contribution in [-0.2, 0) is 11.2 Å². The van der Waals surface area contributed by atoms with Gasteiger partial charge in [0.1, 0.15) is 0 Å². The molecule has 1 aliphatic rings. The van der Waals surface area contributed by atoms with Crippen LogP contribution in [0.15, 0.2) is 18.2 Å². The highest BCUT2D eigenvalue weighted by atomic mass is 16.5. The lowest BCUT2D eigenvalue weighted by Crippen LogP contribution is -2.37. The Morgan fingerprint density at radius 3 is 2.65 bits per heavy atom. The summed E-state index contributed by atoms with van der Waals surface area (Å²) in [7, 11) is 0. The van der Waals surface area contributed by atoms with Crippen LogP contribution in [0.5, 0.6) is 0 Å². The Balaban J connectivity index is 1.53. The fourth-order valence-electron chi connectivity index (χ4n) is 2.57. The van der Waals surface area contributed by atoms with Gasteiger partial charge in [-0.05, 0) is 63.0 Å². The maximum atomic E-state index is 5.35. The van der Waals surface area contributed by atoms with Crippen LogP contribution >= 0.6 is 0 Å². The highest BCUT2D eigenvalue weighted by molar-refractivity contribution is 5.29. The van der Waals surface area contributed by atoms with Crippen molar-refractivity contribution in [3.8, 4) is 0 Å². The Morgan fingerprint density at radius 2 is 1.90 bits per heavy atom. The Labute approximate surface area is 123 Å². The third-order valence-electron chi connectivity index (χ3n) is 4.09. The molecular formula is C17H28N2O. The van der Waals surface area contributed by atoms with Crippen molar-refractivity contribution in [1.82, 2.24) is 10.2 Å². The summed E-state index contributed by atoms with van der Waals surface area (Å²) in [5, 5.41) is 3.55. The number of benzene rings is 1. The van der Waals surface area contributed by atoms with E-state index < -0.39 is 0 Å². The molecule has 0 aliphatic carbocycles. The number of aryl methyl sites for hydroxylation is 2. The molecule has 1 heterocycles. The molecule has 0 radical (unpaired) electrons. The normalized spacial score (nSPS) is 16.5. The molecule has 1 saturated heterocycles. The molecule has 0 unspecified atom stereocenters. The van der Waals surface area contributed by atoms with Gasteiger partial charge >= 0.3 is 0 Å². The molecule has 1 fully saturated rings. The molecule has 0 saturated carbocycles. The van der Waals surface area contributed by atoms with Crippen molar-refractivity contribution in [2.24, 2.45) is 0 Å². The van der Waals surface area contributed by atoms with Gasteiger partial charge in [0.05, 0.1) is 13.2 Å². The maximum Gasteiger partial charge on any atom is 0.0594 e. The first-order valence-corrected chi connectivity index (χ1v) is 7.82. The molecule has 3 nitrogen and oxygen atoms in total. The average Bonchev–Trinajstić information content (AvgIpc) is 2.47. The molecule has 1 N–H and O–H groups in total. The first kappa shape index (κ1) is 15.5. The number of morpholine rings is 1. The largest absolute Gasteiger partial charge is 0.379 e. The third kappa shape index (κ3) is 5.23. The van der Waals surface area contributed by atoms with Crippen LogP contribution in [0.25, 0.3) is 0 Å². The van der Waals surface area contributed by atoms with Gasteiger partial charge in [-0.1, -0.05) is 18.2 Å². The van der Waals surface area contributed by atoms with E-state index in [2.05, 4.69) is 42.3 Å². The van der Waals surface area contributed by atoms with E-state index in [0.717, 1.165) is 45.8 Å². The summed E-state index contributed by atoms with van der Waals surface area (Å²) in [5.41, 5.74) is 4.22. The predicted octanol–water partition coefficient (Wildman–Crippen LogP) is 2.16. The van der Waals surface area contributed by atoms with Crippen molar-refractivity contribution < 1.29 is 4.74 Å². The van der Waals surface area contributed by atoms with E-state index in [0.29, 0.717) is 0 Å². The molecule has 1 aromatic carbocycles. The first-order chi connectivity index (χ1) is 9.75. The molecule has 2 rings (SSSR count). The highest BCUT2D eigenvalue weighted by Gasteiger charge is 2.08. The lowest BCUT2D eigenvalue weighted by molar-refractivity contribution is 0.0375. The van der Waals surface area contributed by atoms with Gasteiger partial charge in [-0.25, -0.2) is 0 Å². The maximum absolute atomic E-state index is 5.35. The zero-order chi connectivity index (χ0) is 14.2. The third-order valence-corrected chi connectivity index (χ3v) is 4.09. The van der Waals surface area contributed by atoms with Crippen LogP contribution in [0.3, 0.4) is 0 Å². The molecule has 0 amide bonds. The Bertz CT molecular complexity index is 400. The number of hydrogen-bond donors (Lipinski definition) is 1. The van der Waals surface area contributed by atoms with Crippen molar-refractivity contribution in [2.45, 2.75) is 26.7 Å². The van der Waals surface area contributed by atoms with Crippen LogP contribution in [0.1, 0.15) is 23.1 Å². The van der Waals surface area contributed by atoms with Crippen molar-refractivity contribution >= 4 is 0 Å². The smallest absolute Gasteiger partial charge is 0.0594 e. The van der Waals surface area contributed by atoms with E-state index in [1.165, 1.54) is 29.7 Å². The number of nitrogens with zero attached hydrogens (tertiary/aromatic N) is 1. The second-order valence-electron chi connectivity index (χ2n) is 5.73. The van der Waals surface area contributed by atoms with Gasteiger partial charge in [0.15, 0.2) is 0 Å². The van der Waals surface area contributed by atoms with Gasteiger partial charge in [0, 0.05) is 13.1 Å². The zero-order valence-corrected chi connectivity index (χ0v) is 13.0. The van der Waals surface area contributed by atoms with Gasteiger partial charge in [-0.2, -0.15) is 0 Å². The predicted molar refractivity (Wildman–Crippen MR) is 84.4 cm³/mol. The minimum Gasteiger partial charge on any atom is -0.379 e. The molecule has 112 valence electrons. The summed E-state index contributed by atoms with van der Waals surface area (Å²) in [4.78, 5) is 2.49. The summed E-state index contributed by atoms with van der Waals surface area (Å²) < 4.78 is 5.35. The minimum absolute atomic E-state index is 0.903. The molecule has 0 atom stereocenters. The molecular weight excluding hydrogens is 248 g/mol. The quantitative estimate of drug-likeness (QED) is 0.772. The van der Waals surface area contributed by atoms with Gasteiger partial charge in [0.2, 0.25) is 0 Å². The Hall–Kier alpha value is -0.900. The lowest BCUT2D eigenvalue weighted by Gasteiger charge is -2.26. The second-order valence-corrected chi connectivity index (χ2v) is 5.73. The van der Waals surface area contributed by atoms with Gasteiger partial charge < -0.3 is 10.1 Å². The van der Waals surface area contributed by atoms with Crippen molar-refractivity contribution in [3.05, 3.63) is 34.9 Å². The summed E-state index contributed by atoms with van der Waals surface area (Å²) in [6.07, 6.45) is 2.35.